The van der Waals surface area contributed by atoms with Crippen molar-refractivity contribution in [3.63, 3.8) is 0 Å². The van der Waals surface area contributed by atoms with Gasteiger partial charge in [0.2, 0.25) is 5.91 Å². The molecule has 8 nitrogen and oxygen atoms in total. The summed E-state index contributed by atoms with van der Waals surface area (Å²) in [6.45, 7) is 1.74. The zero-order chi connectivity index (χ0) is 30.9. The number of halogens is 3. The third kappa shape index (κ3) is 9.29. The number of rotatable bonds is 4. The number of hydrogen-bond donors (Lipinski definition) is 4. The zero-order valence-electron chi connectivity index (χ0n) is 23.5. The van der Waals surface area contributed by atoms with Gasteiger partial charge in [-0.3, -0.25) is 14.3 Å². The standard InChI is InChI=1S/C28H27F3N4O.CH5NS.CH2O2.CH4/c1-17-33-24-15-21(10-12-25(24)35(17)2)19-8-6-18(7-9-19)20-4-3-5-22(14-20)27(36)34-26-13-11-23(16-32-26)28(29,30)31;1-2-3;2-1-3;/h6-13,15-16,20,22H,3-5,14H2,1-2H3,(H,32,34,36);2-3H,1H3;1H,(H,2,3);1H4. The largest absolute Gasteiger partial charge is 0.483 e. The molecule has 0 saturated heterocycles. The van der Waals surface area contributed by atoms with Crippen LogP contribution in [0.3, 0.4) is 0 Å². The van der Waals surface area contributed by atoms with Crippen molar-refractivity contribution >= 4 is 42.0 Å². The van der Waals surface area contributed by atoms with Crippen molar-refractivity contribution < 1.29 is 27.9 Å². The van der Waals surface area contributed by atoms with Gasteiger partial charge in [0.05, 0.1) is 16.6 Å². The van der Waals surface area contributed by atoms with Crippen LogP contribution >= 0.6 is 12.8 Å². The number of nitrogens with zero attached hydrogens (tertiary/aromatic N) is 3. The van der Waals surface area contributed by atoms with Crippen LogP contribution < -0.4 is 10.0 Å². The molecule has 0 bridgehead atoms. The SMILES string of the molecule is C.CNS.Cc1nc2cc(-c3ccc(C4CCCC(C(=O)Nc5ccc(C(F)(F)F)cn5)C4)cc3)ccc2n1C.O=CO. The van der Waals surface area contributed by atoms with Crippen molar-refractivity contribution in [2.45, 2.75) is 52.1 Å². The van der Waals surface area contributed by atoms with E-state index in [2.05, 4.69) is 79.9 Å². The van der Waals surface area contributed by atoms with E-state index in [0.717, 1.165) is 59.5 Å². The second-order valence-electron chi connectivity index (χ2n) is 9.85. The van der Waals surface area contributed by atoms with Crippen LogP contribution in [0.5, 0.6) is 0 Å². The lowest BCUT2D eigenvalue weighted by atomic mass is 9.77. The molecule has 2 unspecified atom stereocenters. The van der Waals surface area contributed by atoms with Crippen LogP contribution in [0.1, 0.15) is 56.0 Å². The van der Waals surface area contributed by atoms with Gasteiger partial charge in [0.1, 0.15) is 11.6 Å². The van der Waals surface area contributed by atoms with Crippen molar-refractivity contribution in [3.05, 3.63) is 77.7 Å². The lowest BCUT2D eigenvalue weighted by Crippen LogP contribution is -2.27. The number of carbonyl (C=O) groups excluding carboxylic acids is 1. The van der Waals surface area contributed by atoms with Crippen LogP contribution in [0.15, 0.2) is 60.8 Å². The number of thiol groups is 1. The number of fused-ring (bicyclic) bond motifs is 1. The smallest absolute Gasteiger partial charge is 0.417 e. The molecule has 43 heavy (non-hydrogen) atoms. The summed E-state index contributed by atoms with van der Waals surface area (Å²) in [7, 11) is 3.75. The summed E-state index contributed by atoms with van der Waals surface area (Å²) in [5, 5.41) is 9.58. The first kappa shape index (κ1) is 35.3. The molecule has 1 aliphatic rings. The number of nitrogens with one attached hydrogen (secondary N) is 2. The maximum atomic E-state index is 12.8. The first-order valence-corrected chi connectivity index (χ1v) is 13.7. The Morgan fingerprint density at radius 3 is 2.30 bits per heavy atom. The van der Waals surface area contributed by atoms with E-state index in [1.807, 2.05) is 14.0 Å². The van der Waals surface area contributed by atoms with Gasteiger partial charge < -0.3 is 15.0 Å². The predicted octanol–water partition coefficient (Wildman–Crippen LogP) is 7.26. The molecular formula is C31H38F3N5O3S. The number of anilines is 1. The van der Waals surface area contributed by atoms with Crippen LogP contribution in [-0.4, -0.2) is 39.1 Å². The zero-order valence-corrected chi connectivity index (χ0v) is 24.4. The molecule has 12 heteroatoms. The number of imidazole rings is 1. The second kappa shape index (κ2) is 16.1. The lowest BCUT2D eigenvalue weighted by molar-refractivity contribution is -0.137. The van der Waals surface area contributed by atoms with Crippen LogP contribution in [0.2, 0.25) is 0 Å². The van der Waals surface area contributed by atoms with Gasteiger partial charge in [-0.05, 0) is 80.1 Å². The van der Waals surface area contributed by atoms with Gasteiger partial charge in [0.15, 0.2) is 0 Å². The van der Waals surface area contributed by atoms with Crippen LogP contribution in [0, 0.1) is 12.8 Å². The van der Waals surface area contributed by atoms with E-state index in [1.165, 1.54) is 11.6 Å². The molecule has 0 aliphatic heterocycles. The quantitative estimate of drug-likeness (QED) is 0.142. The highest BCUT2D eigenvalue weighted by molar-refractivity contribution is 7.78. The molecule has 2 aromatic heterocycles. The molecule has 1 amide bonds. The Balaban J connectivity index is 0.000000853. The van der Waals surface area contributed by atoms with Crippen LogP contribution in [0.4, 0.5) is 19.0 Å². The Hall–Kier alpha value is -3.90. The van der Waals surface area contributed by atoms with Crippen molar-refractivity contribution in [2.75, 3.05) is 12.4 Å². The third-order valence-corrected chi connectivity index (χ3v) is 7.21. The Morgan fingerprint density at radius 2 is 1.72 bits per heavy atom. The van der Waals surface area contributed by atoms with E-state index in [-0.39, 0.29) is 37.5 Å². The lowest BCUT2D eigenvalue weighted by Gasteiger charge is -2.28. The maximum absolute atomic E-state index is 12.8. The van der Waals surface area contributed by atoms with Crippen molar-refractivity contribution in [3.8, 4) is 11.1 Å². The minimum Gasteiger partial charge on any atom is -0.483 e. The second-order valence-corrected chi connectivity index (χ2v) is 10.3. The summed E-state index contributed by atoms with van der Waals surface area (Å²) in [6.07, 6.45) is -0.337. The number of hydrogen-bond acceptors (Lipinski definition) is 6. The Morgan fingerprint density at radius 1 is 1.09 bits per heavy atom. The molecule has 5 rings (SSSR count). The molecular weight excluding hydrogens is 579 g/mol. The molecule has 0 radical (unpaired) electrons. The normalized spacial score (nSPS) is 16.1. The van der Waals surface area contributed by atoms with Gasteiger partial charge in [-0.1, -0.05) is 57.0 Å². The van der Waals surface area contributed by atoms with Gasteiger partial charge in [-0.15, -0.1) is 0 Å². The number of carbonyl (C=O) groups is 2. The summed E-state index contributed by atoms with van der Waals surface area (Å²) < 4.78 is 42.8. The number of alkyl halides is 3. The average molecular weight is 618 g/mol. The van der Waals surface area contributed by atoms with Gasteiger partial charge in [-0.25, -0.2) is 9.97 Å². The van der Waals surface area contributed by atoms with Gasteiger partial charge in [0.25, 0.3) is 6.47 Å². The van der Waals surface area contributed by atoms with Crippen LogP contribution in [-0.2, 0) is 22.8 Å². The molecule has 3 N–H and O–H groups in total. The van der Waals surface area contributed by atoms with E-state index in [1.54, 1.807) is 7.05 Å². The van der Waals surface area contributed by atoms with E-state index < -0.39 is 11.7 Å². The highest BCUT2D eigenvalue weighted by Crippen LogP contribution is 2.38. The van der Waals surface area contributed by atoms with E-state index >= 15 is 0 Å². The molecule has 1 fully saturated rings. The third-order valence-electron chi connectivity index (χ3n) is 7.21. The van der Waals surface area contributed by atoms with Crippen molar-refractivity contribution in [1.29, 1.82) is 0 Å². The van der Waals surface area contributed by atoms with Crippen molar-refractivity contribution in [2.24, 2.45) is 13.0 Å². The highest BCUT2D eigenvalue weighted by atomic mass is 32.1. The summed E-state index contributed by atoms with van der Waals surface area (Å²) in [4.78, 5) is 29.6. The van der Waals surface area contributed by atoms with E-state index in [9.17, 15) is 18.0 Å². The molecule has 232 valence electrons. The van der Waals surface area contributed by atoms with Crippen LogP contribution in [0.25, 0.3) is 22.2 Å². The van der Waals surface area contributed by atoms with E-state index in [0.29, 0.717) is 6.42 Å². The summed E-state index contributed by atoms with van der Waals surface area (Å²) in [5.41, 5.74) is 4.65. The maximum Gasteiger partial charge on any atom is 0.417 e. The van der Waals surface area contributed by atoms with Gasteiger partial charge in [0, 0.05) is 19.2 Å². The Kier molecular flexibility index (Phi) is 13.2. The topological polar surface area (TPSA) is 109 Å². The predicted molar refractivity (Wildman–Crippen MR) is 167 cm³/mol. The summed E-state index contributed by atoms with van der Waals surface area (Å²) in [6, 6.07) is 16.9. The fourth-order valence-corrected chi connectivity index (χ4v) is 5.04. The fraction of sp³-hybridized carbons (Fsp3) is 0.355. The van der Waals surface area contributed by atoms with Crippen molar-refractivity contribution in [1.82, 2.24) is 19.3 Å². The fourth-order valence-electron chi connectivity index (χ4n) is 5.04. The monoisotopic (exact) mass is 617 g/mol. The van der Waals surface area contributed by atoms with E-state index in [4.69, 9.17) is 9.90 Å². The number of amides is 1. The first-order valence-electron chi connectivity index (χ1n) is 13.3. The molecule has 2 heterocycles. The molecule has 2 aromatic carbocycles. The van der Waals surface area contributed by atoms with Gasteiger partial charge >= 0.3 is 6.18 Å². The summed E-state index contributed by atoms with van der Waals surface area (Å²) in [5.74, 6) is 0.969. The van der Waals surface area contributed by atoms with Gasteiger partial charge in [-0.2, -0.15) is 13.2 Å². The number of pyridine rings is 1. The highest BCUT2D eigenvalue weighted by Gasteiger charge is 2.31. The number of aryl methyl sites for hydroxylation is 2. The minimum atomic E-state index is -4.45. The molecule has 1 aliphatic carbocycles. The number of carboxylic acid groups (broad SMARTS) is 1. The molecule has 1 saturated carbocycles. The average Bonchev–Trinajstić information content (AvgIpc) is 3.26. The number of benzene rings is 2. The molecule has 4 aromatic rings. The summed E-state index contributed by atoms with van der Waals surface area (Å²) >= 11 is 3.54. The minimum absolute atomic E-state index is 0. The Labute approximate surface area is 255 Å². The first-order chi connectivity index (χ1) is 20.0. The Bertz CT molecular complexity index is 1480. The molecule has 0 spiro atoms. The number of aromatic nitrogens is 3. The molecule has 2 atom stereocenters.